The van der Waals surface area contributed by atoms with E-state index in [0.29, 0.717) is 25.4 Å². The largest absolute Gasteiger partial charge is 0.491 e. The van der Waals surface area contributed by atoms with Gasteiger partial charge < -0.3 is 14.5 Å². The maximum Gasteiger partial charge on any atom is 0.274 e. The van der Waals surface area contributed by atoms with E-state index in [-0.39, 0.29) is 5.91 Å². The van der Waals surface area contributed by atoms with E-state index in [0.717, 1.165) is 49.0 Å². The summed E-state index contributed by atoms with van der Waals surface area (Å²) in [6.45, 7) is 6.60. The van der Waals surface area contributed by atoms with E-state index < -0.39 is 0 Å². The minimum absolute atomic E-state index is 0.0465. The van der Waals surface area contributed by atoms with Crippen LogP contribution in [0, 0.1) is 0 Å². The fourth-order valence-electron chi connectivity index (χ4n) is 4.77. The van der Waals surface area contributed by atoms with E-state index in [1.165, 1.54) is 22.6 Å². The normalized spacial score (nSPS) is 16.8. The van der Waals surface area contributed by atoms with Gasteiger partial charge in [-0.1, -0.05) is 24.3 Å². The molecule has 34 heavy (non-hydrogen) atoms. The van der Waals surface area contributed by atoms with Gasteiger partial charge in [-0.05, 0) is 29.8 Å². The van der Waals surface area contributed by atoms with Gasteiger partial charge in [-0.25, -0.2) is 4.98 Å². The van der Waals surface area contributed by atoms with Crippen molar-refractivity contribution in [3.05, 3.63) is 83.1 Å². The third-order valence-corrected chi connectivity index (χ3v) is 7.37. The van der Waals surface area contributed by atoms with Gasteiger partial charge in [0, 0.05) is 68.3 Å². The fourth-order valence-corrected chi connectivity index (χ4v) is 5.47. The summed E-state index contributed by atoms with van der Waals surface area (Å²) in [5, 5.41) is 1.97. The number of piperazine rings is 1. The fraction of sp³-hybridized carbons (Fsp3) is 0.308. The number of ether oxygens (including phenoxy) is 1. The van der Waals surface area contributed by atoms with E-state index >= 15 is 0 Å². The Morgan fingerprint density at radius 2 is 1.88 bits per heavy atom. The van der Waals surface area contributed by atoms with Crippen LogP contribution >= 0.6 is 11.3 Å². The van der Waals surface area contributed by atoms with E-state index in [2.05, 4.69) is 63.3 Å². The first-order valence-corrected chi connectivity index (χ1v) is 12.6. The number of hydrogen-bond acceptors (Lipinski definition) is 6. The second-order valence-corrected chi connectivity index (χ2v) is 9.71. The van der Waals surface area contributed by atoms with Crippen LogP contribution in [0.15, 0.2) is 66.3 Å². The third-order valence-electron chi connectivity index (χ3n) is 6.60. The molecule has 4 aromatic rings. The van der Waals surface area contributed by atoms with E-state index in [9.17, 15) is 4.79 Å². The molecule has 2 aliphatic heterocycles. The average Bonchev–Trinajstić information content (AvgIpc) is 3.41. The molecule has 7 nitrogen and oxygen atoms in total. The van der Waals surface area contributed by atoms with Crippen LogP contribution in [-0.4, -0.2) is 64.4 Å². The Kier molecular flexibility index (Phi) is 5.68. The molecule has 8 heteroatoms. The molecule has 0 aliphatic carbocycles. The first-order chi connectivity index (χ1) is 16.7. The lowest BCUT2D eigenvalue weighted by molar-refractivity contribution is 0.0728. The lowest BCUT2D eigenvalue weighted by Gasteiger charge is -2.36. The van der Waals surface area contributed by atoms with Gasteiger partial charge in [0.15, 0.2) is 4.96 Å². The predicted octanol–water partition coefficient (Wildman–Crippen LogP) is 3.75. The van der Waals surface area contributed by atoms with Crippen molar-refractivity contribution in [2.45, 2.75) is 13.1 Å². The van der Waals surface area contributed by atoms with Crippen LogP contribution < -0.4 is 9.64 Å². The zero-order valence-electron chi connectivity index (χ0n) is 19.0. The molecule has 2 aliphatic rings. The molecule has 6 rings (SSSR count). The van der Waals surface area contributed by atoms with E-state index in [4.69, 9.17) is 4.74 Å². The van der Waals surface area contributed by atoms with Crippen LogP contribution in [0.1, 0.15) is 21.6 Å². The number of para-hydroxylation sites is 1. The zero-order valence-corrected chi connectivity index (χ0v) is 19.8. The molecule has 0 N–H and O–H groups in total. The molecular formula is C26H27N5O2S. The van der Waals surface area contributed by atoms with Crippen molar-refractivity contribution in [2.75, 3.05) is 44.2 Å². The highest BCUT2D eigenvalue weighted by Crippen LogP contribution is 2.26. The van der Waals surface area contributed by atoms with Crippen molar-refractivity contribution in [3.8, 4) is 5.75 Å². The van der Waals surface area contributed by atoms with Crippen molar-refractivity contribution >= 4 is 27.9 Å². The molecule has 1 fully saturated rings. The highest BCUT2D eigenvalue weighted by molar-refractivity contribution is 7.15. The van der Waals surface area contributed by atoms with Gasteiger partial charge >= 0.3 is 0 Å². The van der Waals surface area contributed by atoms with Crippen molar-refractivity contribution in [3.63, 3.8) is 0 Å². The smallest absolute Gasteiger partial charge is 0.274 e. The van der Waals surface area contributed by atoms with Gasteiger partial charge in [0.1, 0.15) is 18.1 Å². The Balaban J connectivity index is 1.12. The number of rotatable bonds is 4. The van der Waals surface area contributed by atoms with Crippen LogP contribution in [0.4, 0.5) is 5.69 Å². The molecule has 174 valence electrons. The molecule has 1 amide bonds. The molecule has 0 unspecified atom stereocenters. The van der Waals surface area contributed by atoms with Crippen LogP contribution in [-0.2, 0) is 13.1 Å². The lowest BCUT2D eigenvalue weighted by Crippen LogP contribution is -2.45. The van der Waals surface area contributed by atoms with Crippen molar-refractivity contribution in [1.29, 1.82) is 0 Å². The number of thiazole rings is 1. The molecule has 0 radical (unpaired) electrons. The molecule has 0 saturated carbocycles. The molecule has 2 aromatic heterocycles. The quantitative estimate of drug-likeness (QED) is 0.452. The molecular weight excluding hydrogens is 446 g/mol. The van der Waals surface area contributed by atoms with Crippen LogP contribution in [0.25, 0.3) is 4.96 Å². The Bertz CT molecular complexity index is 1260. The second-order valence-electron chi connectivity index (χ2n) is 8.83. The SMILES string of the molecule is O=C(c1cn2ccsc2n1)N1CCOc2ccc(CN3CCN(c4ccccc4)CC3)cc2C1. The number of nitrogens with zero attached hydrogens (tertiary/aromatic N) is 5. The molecule has 0 atom stereocenters. The minimum atomic E-state index is -0.0465. The Hall–Kier alpha value is -3.36. The molecule has 4 heterocycles. The summed E-state index contributed by atoms with van der Waals surface area (Å²) in [5.41, 5.74) is 4.11. The number of hydrogen-bond donors (Lipinski definition) is 0. The number of imidazole rings is 1. The monoisotopic (exact) mass is 473 g/mol. The Morgan fingerprint density at radius 1 is 1.03 bits per heavy atom. The third kappa shape index (κ3) is 4.26. The summed E-state index contributed by atoms with van der Waals surface area (Å²) in [6, 6.07) is 17.1. The van der Waals surface area contributed by atoms with Crippen molar-refractivity contribution in [2.24, 2.45) is 0 Å². The summed E-state index contributed by atoms with van der Waals surface area (Å²) in [6.07, 6.45) is 3.74. The van der Waals surface area contributed by atoms with Gasteiger partial charge in [0.05, 0.1) is 6.54 Å². The van der Waals surface area contributed by atoms with Gasteiger partial charge in [-0.2, -0.15) is 0 Å². The standard InChI is InChI=1S/C26H27N5O2S/c32-25(23-19-31-13-15-34-26(31)27-23)30-12-14-33-24-7-6-20(16-21(24)18-30)17-28-8-10-29(11-9-28)22-4-2-1-3-5-22/h1-7,13,15-16,19H,8-12,14,17-18H2. The maximum absolute atomic E-state index is 13.2. The molecule has 1 saturated heterocycles. The first kappa shape index (κ1) is 21.2. The number of aromatic nitrogens is 2. The van der Waals surface area contributed by atoms with Crippen LogP contribution in [0.5, 0.6) is 5.75 Å². The van der Waals surface area contributed by atoms with Gasteiger partial charge in [-0.3, -0.25) is 14.1 Å². The highest BCUT2D eigenvalue weighted by Gasteiger charge is 2.24. The number of fused-ring (bicyclic) bond motifs is 2. The van der Waals surface area contributed by atoms with Gasteiger partial charge in [0.2, 0.25) is 0 Å². The van der Waals surface area contributed by atoms with Gasteiger partial charge in [0.25, 0.3) is 5.91 Å². The number of amides is 1. The number of benzene rings is 2. The summed E-state index contributed by atoms with van der Waals surface area (Å²) in [5.74, 6) is 0.827. The minimum Gasteiger partial charge on any atom is -0.491 e. The Morgan fingerprint density at radius 3 is 2.71 bits per heavy atom. The van der Waals surface area contributed by atoms with Crippen molar-refractivity contribution in [1.82, 2.24) is 19.2 Å². The lowest BCUT2D eigenvalue weighted by atomic mass is 10.1. The Labute approximate surface area is 202 Å². The zero-order chi connectivity index (χ0) is 22.9. The average molecular weight is 474 g/mol. The molecule has 2 aromatic carbocycles. The second kappa shape index (κ2) is 9.12. The molecule has 0 spiro atoms. The topological polar surface area (TPSA) is 53.3 Å². The summed E-state index contributed by atoms with van der Waals surface area (Å²) < 4.78 is 7.88. The van der Waals surface area contributed by atoms with Crippen LogP contribution in [0.3, 0.4) is 0 Å². The predicted molar refractivity (Wildman–Crippen MR) is 134 cm³/mol. The summed E-state index contributed by atoms with van der Waals surface area (Å²) in [4.78, 5) is 25.3. The van der Waals surface area contributed by atoms with E-state index in [1.807, 2.05) is 27.1 Å². The number of anilines is 1. The number of carbonyl (C=O) groups is 1. The number of carbonyl (C=O) groups excluding carboxylic acids is 1. The summed E-state index contributed by atoms with van der Waals surface area (Å²) in [7, 11) is 0. The van der Waals surface area contributed by atoms with E-state index in [1.54, 1.807) is 0 Å². The van der Waals surface area contributed by atoms with Crippen LogP contribution in [0.2, 0.25) is 0 Å². The van der Waals surface area contributed by atoms with Crippen molar-refractivity contribution < 1.29 is 9.53 Å². The summed E-state index contributed by atoms with van der Waals surface area (Å²) >= 11 is 1.53. The maximum atomic E-state index is 13.2. The first-order valence-electron chi connectivity index (χ1n) is 11.7. The molecule has 0 bridgehead atoms. The van der Waals surface area contributed by atoms with Gasteiger partial charge in [-0.15, -0.1) is 11.3 Å². The highest BCUT2D eigenvalue weighted by atomic mass is 32.1.